The summed E-state index contributed by atoms with van der Waals surface area (Å²) in [6.45, 7) is 0. The van der Waals surface area contributed by atoms with Crippen molar-refractivity contribution in [1.29, 1.82) is 0 Å². The van der Waals surface area contributed by atoms with E-state index in [4.69, 9.17) is 5.73 Å². The highest BCUT2D eigenvalue weighted by molar-refractivity contribution is 5.73. The first-order valence-electron chi connectivity index (χ1n) is 3.16. The first-order chi connectivity index (χ1) is 4.77. The van der Waals surface area contributed by atoms with Gasteiger partial charge in [0.25, 0.3) is 0 Å². The number of carbonyl (C=O) groups is 2. The molecule has 3 nitrogen and oxygen atoms in total. The maximum atomic E-state index is 10.2. The molecule has 0 saturated carbocycles. The molecule has 0 aliphatic heterocycles. The van der Waals surface area contributed by atoms with Crippen LogP contribution in [0.3, 0.4) is 0 Å². The predicted molar refractivity (Wildman–Crippen MR) is 38.2 cm³/mol. The molecule has 0 bridgehead atoms. The highest BCUT2D eigenvalue weighted by Gasteiger charge is 1.89. The van der Waals surface area contributed by atoms with E-state index in [1.165, 1.54) is 6.08 Å². The van der Waals surface area contributed by atoms with E-state index in [0.717, 1.165) is 12.8 Å². The smallest absolute Gasteiger partial charge is 0.217 e. The Morgan fingerprint density at radius 2 is 2.20 bits per heavy atom. The Bertz CT molecular complexity index is 141. The van der Waals surface area contributed by atoms with E-state index in [0.29, 0.717) is 12.7 Å². The summed E-state index contributed by atoms with van der Waals surface area (Å²) in [7, 11) is 0. The zero-order chi connectivity index (χ0) is 7.82. The van der Waals surface area contributed by atoms with Crippen molar-refractivity contribution in [3.63, 3.8) is 0 Å². The molecule has 0 radical (unpaired) electrons. The normalized spacial score (nSPS) is 10.0. The molecular formula is C7H11NO2. The van der Waals surface area contributed by atoms with E-state index in [9.17, 15) is 9.59 Å². The monoisotopic (exact) mass is 141 g/mol. The Hall–Kier alpha value is -1.12. The molecule has 0 aromatic carbocycles. The van der Waals surface area contributed by atoms with Crippen molar-refractivity contribution in [2.24, 2.45) is 5.73 Å². The van der Waals surface area contributed by atoms with Crippen LogP contribution < -0.4 is 5.73 Å². The summed E-state index contributed by atoms with van der Waals surface area (Å²) in [5.74, 6) is -0.292. The number of hydrogen-bond acceptors (Lipinski definition) is 2. The van der Waals surface area contributed by atoms with Gasteiger partial charge in [-0.05, 0) is 18.9 Å². The van der Waals surface area contributed by atoms with Gasteiger partial charge in [-0.1, -0.05) is 6.08 Å². The van der Waals surface area contributed by atoms with Gasteiger partial charge in [0.1, 0.15) is 6.29 Å². The molecule has 0 atom stereocenters. The fourth-order valence-electron chi connectivity index (χ4n) is 0.546. The lowest BCUT2D eigenvalue weighted by Gasteiger charge is -1.88. The summed E-state index contributed by atoms with van der Waals surface area (Å²) in [5, 5.41) is 0. The molecule has 0 aliphatic rings. The fraction of sp³-hybridized carbons (Fsp3) is 0.429. The van der Waals surface area contributed by atoms with Crippen molar-refractivity contribution in [3.05, 3.63) is 12.2 Å². The standard InChI is InChI=1S/C7H11NO2/c8-7(10)5-3-1-2-4-6-9/h2,4,6H,1,3,5H2,(H2,8,10). The van der Waals surface area contributed by atoms with Crippen LogP contribution in [0, 0.1) is 0 Å². The SMILES string of the molecule is NC(=O)CCCC=CC=O. The molecule has 0 heterocycles. The van der Waals surface area contributed by atoms with Crippen LogP contribution in [-0.2, 0) is 9.59 Å². The molecule has 0 unspecified atom stereocenters. The van der Waals surface area contributed by atoms with Gasteiger partial charge < -0.3 is 5.73 Å². The van der Waals surface area contributed by atoms with Gasteiger partial charge in [-0.15, -0.1) is 0 Å². The van der Waals surface area contributed by atoms with E-state index in [2.05, 4.69) is 0 Å². The van der Waals surface area contributed by atoms with Gasteiger partial charge in [0, 0.05) is 6.42 Å². The van der Waals surface area contributed by atoms with E-state index in [1.807, 2.05) is 0 Å². The third kappa shape index (κ3) is 6.88. The number of unbranched alkanes of at least 4 members (excludes halogenated alkanes) is 1. The van der Waals surface area contributed by atoms with Crippen molar-refractivity contribution in [3.8, 4) is 0 Å². The van der Waals surface area contributed by atoms with E-state index >= 15 is 0 Å². The number of rotatable bonds is 5. The first-order valence-corrected chi connectivity index (χ1v) is 3.16. The Kier molecular flexibility index (Phi) is 5.33. The Balaban J connectivity index is 3.12. The Labute approximate surface area is 59.9 Å². The van der Waals surface area contributed by atoms with Crippen LogP contribution in [0.2, 0.25) is 0 Å². The van der Waals surface area contributed by atoms with E-state index < -0.39 is 0 Å². The lowest BCUT2D eigenvalue weighted by atomic mass is 10.2. The molecule has 3 heteroatoms. The van der Waals surface area contributed by atoms with Crippen molar-refractivity contribution >= 4 is 12.2 Å². The lowest BCUT2D eigenvalue weighted by molar-refractivity contribution is -0.118. The number of nitrogens with two attached hydrogens (primary N) is 1. The first kappa shape index (κ1) is 8.88. The number of aldehydes is 1. The summed E-state index contributed by atoms with van der Waals surface area (Å²) in [4.78, 5) is 19.9. The van der Waals surface area contributed by atoms with Crippen LogP contribution in [0.5, 0.6) is 0 Å². The third-order valence-electron chi connectivity index (χ3n) is 1.01. The number of amides is 1. The van der Waals surface area contributed by atoms with Gasteiger partial charge >= 0.3 is 0 Å². The molecule has 0 fully saturated rings. The molecule has 0 aromatic heterocycles. The molecule has 0 saturated heterocycles. The van der Waals surface area contributed by atoms with Crippen molar-refractivity contribution in [2.45, 2.75) is 19.3 Å². The molecular weight excluding hydrogens is 130 g/mol. The molecule has 0 spiro atoms. The second-order valence-corrected chi connectivity index (χ2v) is 1.92. The van der Waals surface area contributed by atoms with Crippen LogP contribution in [0.25, 0.3) is 0 Å². The summed E-state index contributed by atoms with van der Waals surface area (Å²) in [6, 6.07) is 0. The third-order valence-corrected chi connectivity index (χ3v) is 1.01. The van der Waals surface area contributed by atoms with Gasteiger partial charge in [-0.2, -0.15) is 0 Å². The van der Waals surface area contributed by atoms with Gasteiger partial charge in [0.15, 0.2) is 0 Å². The maximum absolute atomic E-state index is 10.2. The maximum Gasteiger partial charge on any atom is 0.217 e. The minimum atomic E-state index is -0.292. The van der Waals surface area contributed by atoms with Crippen molar-refractivity contribution < 1.29 is 9.59 Å². The number of primary amides is 1. The van der Waals surface area contributed by atoms with Crippen LogP contribution >= 0.6 is 0 Å². The van der Waals surface area contributed by atoms with Gasteiger partial charge in [-0.25, -0.2) is 0 Å². The van der Waals surface area contributed by atoms with E-state index in [1.54, 1.807) is 6.08 Å². The average Bonchev–Trinajstić information content (AvgIpc) is 1.87. The Morgan fingerprint density at radius 1 is 1.50 bits per heavy atom. The predicted octanol–water partition coefficient (Wildman–Crippen LogP) is 0.397. The highest BCUT2D eigenvalue weighted by atomic mass is 16.1. The topological polar surface area (TPSA) is 60.2 Å². The van der Waals surface area contributed by atoms with E-state index in [-0.39, 0.29) is 5.91 Å². The molecule has 1 amide bonds. The van der Waals surface area contributed by atoms with Gasteiger partial charge in [-0.3, -0.25) is 9.59 Å². The van der Waals surface area contributed by atoms with Crippen molar-refractivity contribution in [2.75, 3.05) is 0 Å². The molecule has 0 rings (SSSR count). The van der Waals surface area contributed by atoms with Crippen LogP contribution in [-0.4, -0.2) is 12.2 Å². The number of carbonyl (C=O) groups excluding carboxylic acids is 2. The second kappa shape index (κ2) is 6.01. The zero-order valence-corrected chi connectivity index (χ0v) is 5.75. The van der Waals surface area contributed by atoms with Crippen molar-refractivity contribution in [1.82, 2.24) is 0 Å². The summed E-state index contributed by atoms with van der Waals surface area (Å²) in [5.41, 5.74) is 4.87. The number of allylic oxidation sites excluding steroid dienone is 2. The number of hydrogen-bond donors (Lipinski definition) is 1. The summed E-state index contributed by atoms with van der Waals surface area (Å²) < 4.78 is 0. The molecule has 10 heavy (non-hydrogen) atoms. The molecule has 56 valence electrons. The second-order valence-electron chi connectivity index (χ2n) is 1.92. The largest absolute Gasteiger partial charge is 0.370 e. The molecule has 0 aliphatic carbocycles. The van der Waals surface area contributed by atoms with Crippen LogP contribution in [0.15, 0.2) is 12.2 Å². The average molecular weight is 141 g/mol. The fourth-order valence-corrected chi connectivity index (χ4v) is 0.546. The quantitative estimate of drug-likeness (QED) is 0.342. The summed E-state index contributed by atoms with van der Waals surface area (Å²) >= 11 is 0. The molecule has 2 N–H and O–H groups in total. The van der Waals surface area contributed by atoms with Crippen LogP contribution in [0.1, 0.15) is 19.3 Å². The Morgan fingerprint density at radius 3 is 2.70 bits per heavy atom. The van der Waals surface area contributed by atoms with Crippen LogP contribution in [0.4, 0.5) is 0 Å². The zero-order valence-electron chi connectivity index (χ0n) is 5.75. The summed E-state index contributed by atoms with van der Waals surface area (Å²) in [6.07, 6.45) is 5.70. The lowest BCUT2D eigenvalue weighted by Crippen LogP contribution is -2.09. The van der Waals surface area contributed by atoms with Gasteiger partial charge in [0.05, 0.1) is 0 Å². The highest BCUT2D eigenvalue weighted by Crippen LogP contribution is 1.94. The minimum absolute atomic E-state index is 0.292. The van der Waals surface area contributed by atoms with Gasteiger partial charge in [0.2, 0.25) is 5.91 Å². The minimum Gasteiger partial charge on any atom is -0.370 e. The molecule has 0 aromatic rings.